The lowest BCUT2D eigenvalue weighted by molar-refractivity contribution is -0.104. The predicted molar refractivity (Wildman–Crippen MR) is 69.9 cm³/mol. The van der Waals surface area contributed by atoms with Crippen molar-refractivity contribution in [3.8, 4) is 11.5 Å². The summed E-state index contributed by atoms with van der Waals surface area (Å²) in [6, 6.07) is 14.1. The first-order chi connectivity index (χ1) is 9.69. The maximum Gasteiger partial charge on any atom is 0.519 e. The van der Waals surface area contributed by atoms with Gasteiger partial charge in [-0.05, 0) is 36.4 Å². The number of Topliss-reactive ketones (excluding diaryl/α,β-unsaturated/α-hetero) is 1. The van der Waals surface area contributed by atoms with Crippen molar-refractivity contribution in [2.24, 2.45) is 0 Å². The molecule has 20 heavy (non-hydrogen) atoms. The van der Waals surface area contributed by atoms with Crippen LogP contribution in [-0.4, -0.2) is 18.2 Å². The largest absolute Gasteiger partial charge is 0.519 e. The molecule has 0 aliphatic carbocycles. The standard InChI is InChI=1S/C15H10O5/c16-10-14(17)11-6-8-13(9-7-11)20-15(18)19-12-4-2-1-3-5-12/h1-10H. The van der Waals surface area contributed by atoms with Crippen LogP contribution in [0.5, 0.6) is 11.5 Å². The van der Waals surface area contributed by atoms with E-state index in [1.807, 2.05) is 0 Å². The Morgan fingerprint density at radius 2 is 1.35 bits per heavy atom. The Morgan fingerprint density at radius 3 is 1.90 bits per heavy atom. The Labute approximate surface area is 114 Å². The molecule has 5 nitrogen and oxygen atoms in total. The summed E-state index contributed by atoms with van der Waals surface area (Å²) < 4.78 is 9.86. The molecule has 0 saturated heterocycles. The molecule has 0 unspecified atom stereocenters. The van der Waals surface area contributed by atoms with Gasteiger partial charge in [0, 0.05) is 5.56 Å². The van der Waals surface area contributed by atoms with Gasteiger partial charge < -0.3 is 9.47 Å². The van der Waals surface area contributed by atoms with E-state index in [0.717, 1.165) is 0 Å². The minimum absolute atomic E-state index is 0.216. The van der Waals surface area contributed by atoms with Crippen molar-refractivity contribution in [1.82, 2.24) is 0 Å². The fourth-order valence-electron chi connectivity index (χ4n) is 1.46. The molecule has 0 saturated carbocycles. The summed E-state index contributed by atoms with van der Waals surface area (Å²) in [5.74, 6) is -0.0537. The molecule has 0 atom stereocenters. The minimum atomic E-state index is -0.884. The molecule has 0 fully saturated rings. The monoisotopic (exact) mass is 270 g/mol. The molecule has 0 amide bonds. The number of rotatable bonds is 4. The third-order valence-electron chi connectivity index (χ3n) is 2.39. The first kappa shape index (κ1) is 13.5. The fourth-order valence-corrected chi connectivity index (χ4v) is 1.46. The second-order valence-electron chi connectivity index (χ2n) is 3.77. The molecule has 0 spiro atoms. The maximum absolute atomic E-state index is 11.5. The summed E-state index contributed by atoms with van der Waals surface area (Å²) >= 11 is 0. The number of hydrogen-bond acceptors (Lipinski definition) is 5. The first-order valence-corrected chi connectivity index (χ1v) is 5.73. The van der Waals surface area contributed by atoms with Gasteiger partial charge in [-0.3, -0.25) is 9.59 Å². The number of aldehydes is 1. The second kappa shape index (κ2) is 6.29. The van der Waals surface area contributed by atoms with E-state index in [4.69, 9.17) is 9.47 Å². The number of para-hydroxylation sites is 1. The number of carbonyl (C=O) groups is 3. The van der Waals surface area contributed by atoms with E-state index in [9.17, 15) is 14.4 Å². The first-order valence-electron chi connectivity index (χ1n) is 5.73. The smallest absolute Gasteiger partial charge is 0.395 e. The number of benzene rings is 2. The average Bonchev–Trinajstić information content (AvgIpc) is 2.48. The average molecular weight is 270 g/mol. The van der Waals surface area contributed by atoms with Crippen LogP contribution in [0.15, 0.2) is 54.6 Å². The van der Waals surface area contributed by atoms with E-state index in [-0.39, 0.29) is 17.6 Å². The van der Waals surface area contributed by atoms with E-state index in [2.05, 4.69) is 0 Å². The van der Waals surface area contributed by atoms with Crippen LogP contribution in [0.3, 0.4) is 0 Å². The molecule has 0 N–H and O–H groups in total. The molecule has 0 bridgehead atoms. The number of carbonyl (C=O) groups excluding carboxylic acids is 3. The van der Waals surface area contributed by atoms with Crippen molar-refractivity contribution >= 4 is 18.2 Å². The summed E-state index contributed by atoms with van der Waals surface area (Å²) in [6.45, 7) is 0. The summed E-state index contributed by atoms with van der Waals surface area (Å²) in [5, 5.41) is 0. The van der Waals surface area contributed by atoms with Crippen molar-refractivity contribution in [3.05, 3.63) is 60.2 Å². The topological polar surface area (TPSA) is 69.7 Å². The van der Waals surface area contributed by atoms with Gasteiger partial charge in [-0.2, -0.15) is 0 Å². The molecule has 2 aromatic carbocycles. The van der Waals surface area contributed by atoms with Crippen LogP contribution in [0.25, 0.3) is 0 Å². The Kier molecular flexibility index (Phi) is 4.24. The molecule has 0 aliphatic rings. The lowest BCUT2D eigenvalue weighted by atomic mass is 10.1. The van der Waals surface area contributed by atoms with Crippen LogP contribution in [-0.2, 0) is 4.79 Å². The normalized spacial score (nSPS) is 9.60. The molecule has 0 radical (unpaired) electrons. The van der Waals surface area contributed by atoms with Gasteiger partial charge in [-0.1, -0.05) is 18.2 Å². The Balaban J connectivity index is 1.98. The van der Waals surface area contributed by atoms with E-state index in [1.54, 1.807) is 30.3 Å². The number of ketones is 1. The van der Waals surface area contributed by atoms with Crippen LogP contribution in [0, 0.1) is 0 Å². The van der Waals surface area contributed by atoms with E-state index < -0.39 is 11.9 Å². The van der Waals surface area contributed by atoms with Crippen molar-refractivity contribution in [2.45, 2.75) is 0 Å². The van der Waals surface area contributed by atoms with E-state index in [0.29, 0.717) is 5.75 Å². The molecular formula is C15H10O5. The van der Waals surface area contributed by atoms with Gasteiger partial charge in [0.1, 0.15) is 11.5 Å². The number of ether oxygens (including phenoxy) is 2. The molecule has 2 rings (SSSR count). The molecular weight excluding hydrogens is 260 g/mol. The van der Waals surface area contributed by atoms with Gasteiger partial charge in [0.15, 0.2) is 6.29 Å². The third-order valence-corrected chi connectivity index (χ3v) is 2.39. The van der Waals surface area contributed by atoms with Crippen LogP contribution in [0.2, 0.25) is 0 Å². The van der Waals surface area contributed by atoms with Gasteiger partial charge in [-0.15, -0.1) is 0 Å². The minimum Gasteiger partial charge on any atom is -0.395 e. The Bertz CT molecular complexity index is 616. The van der Waals surface area contributed by atoms with Crippen LogP contribution in [0.1, 0.15) is 10.4 Å². The zero-order chi connectivity index (χ0) is 14.4. The van der Waals surface area contributed by atoms with Crippen molar-refractivity contribution < 1.29 is 23.9 Å². The van der Waals surface area contributed by atoms with Gasteiger partial charge in [0.2, 0.25) is 5.78 Å². The Hall–Kier alpha value is -2.95. The lowest BCUT2D eigenvalue weighted by Gasteiger charge is -2.05. The van der Waals surface area contributed by atoms with Crippen molar-refractivity contribution in [1.29, 1.82) is 0 Å². The summed E-state index contributed by atoms with van der Waals surface area (Å²) in [6.07, 6.45) is -0.662. The van der Waals surface area contributed by atoms with Crippen molar-refractivity contribution in [3.63, 3.8) is 0 Å². The van der Waals surface area contributed by atoms with Crippen LogP contribution in [0.4, 0.5) is 4.79 Å². The molecule has 5 heteroatoms. The molecule has 100 valence electrons. The highest BCUT2D eigenvalue weighted by molar-refractivity contribution is 6.33. The lowest BCUT2D eigenvalue weighted by Crippen LogP contribution is -2.13. The fraction of sp³-hybridized carbons (Fsp3) is 0. The molecule has 0 aromatic heterocycles. The molecule has 0 heterocycles. The summed E-state index contributed by atoms with van der Waals surface area (Å²) in [5.41, 5.74) is 0.226. The predicted octanol–water partition coefficient (Wildman–Crippen LogP) is 2.65. The Morgan fingerprint density at radius 1 is 0.800 bits per heavy atom. The zero-order valence-electron chi connectivity index (χ0n) is 10.3. The zero-order valence-corrected chi connectivity index (χ0v) is 10.3. The highest BCUT2D eigenvalue weighted by atomic mass is 16.7. The van der Waals surface area contributed by atoms with Gasteiger partial charge in [0.25, 0.3) is 0 Å². The van der Waals surface area contributed by atoms with Gasteiger partial charge in [0.05, 0.1) is 0 Å². The molecule has 0 aliphatic heterocycles. The third kappa shape index (κ3) is 3.52. The second-order valence-corrected chi connectivity index (χ2v) is 3.77. The van der Waals surface area contributed by atoms with Crippen LogP contribution >= 0.6 is 0 Å². The summed E-state index contributed by atoms with van der Waals surface area (Å²) in [4.78, 5) is 32.9. The van der Waals surface area contributed by atoms with Crippen LogP contribution < -0.4 is 9.47 Å². The van der Waals surface area contributed by atoms with Gasteiger partial charge in [-0.25, -0.2) is 4.79 Å². The van der Waals surface area contributed by atoms with E-state index >= 15 is 0 Å². The van der Waals surface area contributed by atoms with E-state index in [1.165, 1.54) is 24.3 Å². The number of hydrogen-bond donors (Lipinski definition) is 0. The summed E-state index contributed by atoms with van der Waals surface area (Å²) in [7, 11) is 0. The van der Waals surface area contributed by atoms with Crippen molar-refractivity contribution in [2.75, 3.05) is 0 Å². The SMILES string of the molecule is O=CC(=O)c1ccc(OC(=O)Oc2ccccc2)cc1. The molecule has 2 aromatic rings. The highest BCUT2D eigenvalue weighted by Gasteiger charge is 2.09. The quantitative estimate of drug-likeness (QED) is 0.281. The van der Waals surface area contributed by atoms with Gasteiger partial charge >= 0.3 is 6.16 Å². The maximum atomic E-state index is 11.5. The highest BCUT2D eigenvalue weighted by Crippen LogP contribution is 2.15.